The number of hydrogen-bond acceptors (Lipinski definition) is 6. The fourth-order valence-corrected chi connectivity index (χ4v) is 10.7. The maximum absolute atomic E-state index is 12.1. The van der Waals surface area contributed by atoms with Gasteiger partial charge in [-0.1, -0.05) is 105 Å². The van der Waals surface area contributed by atoms with E-state index >= 15 is 0 Å². The summed E-state index contributed by atoms with van der Waals surface area (Å²) in [6.45, 7) is 35.2. The number of allylic oxidation sites excluding steroid dienone is 2. The summed E-state index contributed by atoms with van der Waals surface area (Å²) >= 11 is 0. The summed E-state index contributed by atoms with van der Waals surface area (Å²) in [5.74, 6) is -0.649. The minimum absolute atomic E-state index is 0.0746. The van der Waals surface area contributed by atoms with E-state index in [9.17, 15) is 9.59 Å². The van der Waals surface area contributed by atoms with Gasteiger partial charge in [0.05, 0.1) is 18.6 Å². The van der Waals surface area contributed by atoms with Gasteiger partial charge in [0.1, 0.15) is 6.61 Å². The van der Waals surface area contributed by atoms with Crippen molar-refractivity contribution >= 4 is 36.9 Å². The molecule has 0 saturated heterocycles. The zero-order chi connectivity index (χ0) is 41.2. The average molecular weight is 805 g/mol. The average Bonchev–Trinajstić information content (AvgIpc) is 3.32. The van der Waals surface area contributed by atoms with E-state index in [-0.39, 0.29) is 58.8 Å². The lowest BCUT2D eigenvalue weighted by atomic mass is 9.85. The molecule has 10 heteroatoms. The molecule has 1 fully saturated rings. The second kappa shape index (κ2) is 20.2. The Labute approximate surface area is 334 Å². The summed E-state index contributed by atoms with van der Waals surface area (Å²) in [7, 11) is -6.18. The van der Waals surface area contributed by atoms with Crippen LogP contribution >= 0.6 is 0 Å². The zero-order valence-electron chi connectivity index (χ0n) is 37.1. The number of carboxylic acid groups (broad SMARTS) is 1. The number of carbonyl (C=O) groups is 2. The number of esters is 1. The van der Waals surface area contributed by atoms with Gasteiger partial charge in [0, 0.05) is 12.5 Å². The summed E-state index contributed by atoms with van der Waals surface area (Å²) in [6, 6.07) is 10.8. The topological polar surface area (TPSA) is 91.3 Å². The first-order valence-corrected chi connectivity index (χ1v) is 29.5. The molecule has 0 spiro atoms. The van der Waals surface area contributed by atoms with E-state index in [0.29, 0.717) is 18.3 Å². The summed E-state index contributed by atoms with van der Waals surface area (Å²) in [5.41, 5.74) is 1.36. The predicted molar refractivity (Wildman–Crippen MR) is 233 cm³/mol. The van der Waals surface area contributed by atoms with Crippen molar-refractivity contribution in [1.82, 2.24) is 0 Å². The first kappa shape index (κ1) is 48.6. The molecule has 0 radical (unpaired) electrons. The lowest BCUT2D eigenvalue weighted by Gasteiger charge is -2.41. The highest BCUT2D eigenvalue weighted by atomic mass is 28.4. The van der Waals surface area contributed by atoms with E-state index in [1.807, 2.05) is 0 Å². The molecule has 1 aromatic rings. The molecule has 1 aromatic carbocycles. The summed E-state index contributed by atoms with van der Waals surface area (Å²) in [5, 5.41) is 9.15. The maximum Gasteiger partial charge on any atom is 0.306 e. The number of aliphatic carboxylic acids is 1. The molecule has 0 aromatic heterocycles. The molecular formula is C44H80O7Si3. The minimum atomic E-state index is -2.08. The van der Waals surface area contributed by atoms with Crippen LogP contribution in [0.2, 0.25) is 54.4 Å². The molecule has 0 aliphatic heterocycles. The highest BCUT2D eigenvalue weighted by Crippen LogP contribution is 2.49. The molecule has 0 unspecified atom stereocenters. The molecule has 2 rings (SSSR count). The molecule has 1 N–H and O–H groups in total. The van der Waals surface area contributed by atoms with Crippen LogP contribution in [0.4, 0.5) is 0 Å². The third-order valence-electron chi connectivity index (χ3n) is 13.1. The van der Waals surface area contributed by atoms with Crippen LogP contribution in [0.3, 0.4) is 0 Å². The van der Waals surface area contributed by atoms with Crippen LogP contribution < -0.4 is 0 Å². The van der Waals surface area contributed by atoms with Gasteiger partial charge in [0.15, 0.2) is 25.0 Å². The highest BCUT2D eigenvalue weighted by Gasteiger charge is 2.51. The van der Waals surface area contributed by atoms with Gasteiger partial charge in [0.2, 0.25) is 0 Å². The summed E-state index contributed by atoms with van der Waals surface area (Å²) in [4.78, 5) is 22.9. The number of rotatable bonds is 21. The molecule has 54 heavy (non-hydrogen) atoms. The van der Waals surface area contributed by atoms with Crippen molar-refractivity contribution in [1.29, 1.82) is 0 Å². The minimum Gasteiger partial charge on any atom is -0.481 e. The number of ether oxygens (including phenoxy) is 1. The Kier molecular flexibility index (Phi) is 18.2. The molecule has 1 saturated carbocycles. The van der Waals surface area contributed by atoms with Crippen molar-refractivity contribution in [2.45, 2.75) is 199 Å². The van der Waals surface area contributed by atoms with Gasteiger partial charge in [-0.05, 0) is 123 Å². The van der Waals surface area contributed by atoms with Crippen LogP contribution in [0.5, 0.6) is 0 Å². The SMILES string of the molecule is CC(C)(C)[Si](C)(C)O[C@H](CCc1ccccc1)CC[C@@H]1[C@@H](C/C=C\CCCC(=O)OCCC(=O)O)[C@@H](O[Si](C)(C)C(C)(C)C)C[C@H]1O[Si](C)(C)C(C)(C)C. The standard InChI is InChI=1S/C44H80O7Si3/c1-42(2,3)52(10,11)49-35(28-27-34-23-19-18-20-24-34)29-30-37-36(25-21-16-17-22-26-41(47)48-32-31-40(45)46)38(50-53(12,13)43(4,5)6)33-39(37)51-54(14,15)44(7,8)9/h16,18-21,23-24,35-39H,17,22,25-33H2,1-15H3,(H,45,46)/b21-16-/t35-,36-,37-,38+,39-/m1/s1. The third kappa shape index (κ3) is 15.4. The number of carbonyl (C=O) groups excluding carboxylic acids is 1. The van der Waals surface area contributed by atoms with E-state index in [1.165, 1.54) is 5.56 Å². The van der Waals surface area contributed by atoms with Crippen molar-refractivity contribution in [3.63, 3.8) is 0 Å². The molecule has 7 nitrogen and oxygen atoms in total. The molecule has 0 heterocycles. The highest BCUT2D eigenvalue weighted by molar-refractivity contribution is 6.75. The number of benzene rings is 1. The van der Waals surface area contributed by atoms with E-state index in [1.54, 1.807) is 0 Å². The van der Waals surface area contributed by atoms with Crippen molar-refractivity contribution < 1.29 is 32.7 Å². The Morgan fingerprint density at radius 1 is 0.759 bits per heavy atom. The summed E-state index contributed by atoms with van der Waals surface area (Å²) in [6.07, 6.45) is 12.4. The van der Waals surface area contributed by atoms with Gasteiger partial charge in [0.25, 0.3) is 0 Å². The molecule has 310 valence electrons. The second-order valence-electron chi connectivity index (χ2n) is 20.5. The Hall–Kier alpha value is -1.57. The molecule has 1 aliphatic carbocycles. The molecular weight excluding hydrogens is 725 g/mol. The Morgan fingerprint density at radius 3 is 1.81 bits per heavy atom. The van der Waals surface area contributed by atoms with Crippen LogP contribution in [0.1, 0.15) is 126 Å². The fraction of sp³-hybridized carbons (Fsp3) is 0.773. The van der Waals surface area contributed by atoms with Gasteiger partial charge in [-0.3, -0.25) is 9.59 Å². The second-order valence-corrected chi connectivity index (χ2v) is 34.7. The van der Waals surface area contributed by atoms with Crippen LogP contribution in [-0.2, 0) is 34.0 Å². The van der Waals surface area contributed by atoms with Crippen molar-refractivity contribution in [3.05, 3.63) is 48.0 Å². The monoisotopic (exact) mass is 805 g/mol. The smallest absolute Gasteiger partial charge is 0.306 e. The molecule has 1 aliphatic rings. The third-order valence-corrected chi connectivity index (χ3v) is 26.6. The van der Waals surface area contributed by atoms with Gasteiger partial charge < -0.3 is 23.1 Å². The van der Waals surface area contributed by atoms with Crippen molar-refractivity contribution in [2.24, 2.45) is 11.8 Å². The number of carboxylic acids is 1. The molecule has 5 atom stereocenters. The lowest BCUT2D eigenvalue weighted by Crippen LogP contribution is -2.45. The first-order valence-electron chi connectivity index (χ1n) is 20.8. The number of unbranched alkanes of at least 4 members (excludes halogenated alkanes) is 1. The van der Waals surface area contributed by atoms with E-state index < -0.39 is 30.9 Å². The Bertz CT molecular complexity index is 1320. The van der Waals surface area contributed by atoms with Crippen LogP contribution in [-0.4, -0.2) is 66.9 Å². The molecule has 0 amide bonds. The van der Waals surface area contributed by atoms with Crippen molar-refractivity contribution in [3.8, 4) is 0 Å². The van der Waals surface area contributed by atoms with Gasteiger partial charge in [-0.15, -0.1) is 0 Å². The predicted octanol–water partition coefficient (Wildman–Crippen LogP) is 12.3. The maximum atomic E-state index is 12.1. The van der Waals surface area contributed by atoms with Gasteiger partial charge >= 0.3 is 11.9 Å². The normalized spacial score (nSPS) is 21.1. The number of hydrogen-bond donors (Lipinski definition) is 1. The fourth-order valence-electron chi connectivity index (χ4n) is 6.50. The van der Waals surface area contributed by atoms with Crippen LogP contribution in [0, 0.1) is 11.8 Å². The van der Waals surface area contributed by atoms with E-state index in [0.717, 1.165) is 44.9 Å². The molecule has 0 bridgehead atoms. The van der Waals surface area contributed by atoms with Crippen LogP contribution in [0.25, 0.3) is 0 Å². The van der Waals surface area contributed by atoms with Gasteiger partial charge in [-0.2, -0.15) is 0 Å². The summed E-state index contributed by atoms with van der Waals surface area (Å²) < 4.78 is 27.1. The van der Waals surface area contributed by atoms with E-state index in [4.69, 9.17) is 23.1 Å². The Morgan fingerprint density at radius 2 is 1.30 bits per heavy atom. The Balaban J connectivity index is 2.42. The van der Waals surface area contributed by atoms with Crippen LogP contribution in [0.15, 0.2) is 42.5 Å². The van der Waals surface area contributed by atoms with E-state index in [2.05, 4.69) is 144 Å². The largest absolute Gasteiger partial charge is 0.481 e. The first-order chi connectivity index (χ1) is 24.7. The lowest BCUT2D eigenvalue weighted by molar-refractivity contribution is -0.146. The zero-order valence-corrected chi connectivity index (χ0v) is 40.1. The quantitative estimate of drug-likeness (QED) is 0.0572. The number of aryl methyl sites for hydroxylation is 1. The van der Waals surface area contributed by atoms with Gasteiger partial charge in [-0.25, -0.2) is 0 Å². The van der Waals surface area contributed by atoms with Crippen molar-refractivity contribution in [2.75, 3.05) is 6.61 Å².